The van der Waals surface area contributed by atoms with Crippen molar-refractivity contribution in [1.29, 1.82) is 0 Å². The molecular formula is C10H7FN2O3S. The highest BCUT2D eigenvalue weighted by atomic mass is 32.2. The van der Waals surface area contributed by atoms with Gasteiger partial charge in [-0.25, -0.2) is 4.39 Å². The number of rotatable bonds is 2. The van der Waals surface area contributed by atoms with E-state index in [-0.39, 0.29) is 11.3 Å². The second kappa shape index (κ2) is 4.54. The van der Waals surface area contributed by atoms with E-state index in [0.717, 1.165) is 23.9 Å². The Morgan fingerprint density at radius 2 is 1.94 bits per heavy atom. The summed E-state index contributed by atoms with van der Waals surface area (Å²) in [5.41, 5.74) is 2.34. The highest BCUT2D eigenvalue weighted by Crippen LogP contribution is 2.16. The number of amides is 3. The number of nitrogens with one attached hydrogen (secondary N) is 1. The first kappa shape index (κ1) is 11.6. The molecule has 1 fully saturated rings. The molecule has 3 amide bonds. The fraction of sp³-hybridized carbons (Fsp3) is 0.100. The summed E-state index contributed by atoms with van der Waals surface area (Å²) in [7, 11) is 0. The van der Waals surface area contributed by atoms with Crippen LogP contribution in [0.4, 0.5) is 9.18 Å². The van der Waals surface area contributed by atoms with Crippen LogP contribution < -0.4 is 5.43 Å². The van der Waals surface area contributed by atoms with Gasteiger partial charge in [-0.2, -0.15) is 5.01 Å². The summed E-state index contributed by atoms with van der Waals surface area (Å²) in [6.45, 7) is 0. The van der Waals surface area contributed by atoms with Gasteiger partial charge in [0, 0.05) is 5.56 Å². The molecule has 0 aliphatic carbocycles. The fourth-order valence-corrected chi connectivity index (χ4v) is 1.88. The van der Waals surface area contributed by atoms with E-state index in [0.29, 0.717) is 5.01 Å². The Bertz CT molecular complexity index is 473. The van der Waals surface area contributed by atoms with Gasteiger partial charge in [-0.15, -0.1) is 0 Å². The zero-order chi connectivity index (χ0) is 12.4. The highest BCUT2D eigenvalue weighted by Gasteiger charge is 2.31. The van der Waals surface area contributed by atoms with Crippen LogP contribution in [0, 0.1) is 5.82 Å². The Labute approximate surface area is 99.9 Å². The lowest BCUT2D eigenvalue weighted by Gasteiger charge is -2.13. The van der Waals surface area contributed by atoms with Crippen LogP contribution in [0.3, 0.4) is 0 Å². The third-order valence-corrected chi connectivity index (χ3v) is 2.89. The number of hydrogen-bond donors (Lipinski definition) is 1. The predicted octanol–water partition coefficient (Wildman–Crippen LogP) is 1.17. The quantitative estimate of drug-likeness (QED) is 0.860. The Morgan fingerprint density at radius 1 is 1.29 bits per heavy atom. The number of carbonyl (C=O) groups excluding carboxylic acids is 3. The summed E-state index contributed by atoms with van der Waals surface area (Å²) in [6.07, 6.45) is 0. The van der Waals surface area contributed by atoms with E-state index >= 15 is 0 Å². The number of nitrogens with zero attached hydrogens (tertiary/aromatic N) is 1. The van der Waals surface area contributed by atoms with Gasteiger partial charge in [-0.1, -0.05) is 11.8 Å². The third-order valence-electron chi connectivity index (χ3n) is 2.07. The average molecular weight is 254 g/mol. The molecule has 5 nitrogen and oxygen atoms in total. The molecule has 2 rings (SSSR count). The van der Waals surface area contributed by atoms with Crippen LogP contribution in [0.15, 0.2) is 24.3 Å². The molecule has 88 valence electrons. The van der Waals surface area contributed by atoms with E-state index in [1.165, 1.54) is 12.1 Å². The molecule has 1 aromatic carbocycles. The van der Waals surface area contributed by atoms with Gasteiger partial charge in [0.05, 0.1) is 5.75 Å². The second-order valence-corrected chi connectivity index (χ2v) is 4.16. The predicted molar refractivity (Wildman–Crippen MR) is 58.6 cm³/mol. The number of hydrazine groups is 1. The van der Waals surface area contributed by atoms with Crippen molar-refractivity contribution in [3.8, 4) is 0 Å². The van der Waals surface area contributed by atoms with Gasteiger partial charge >= 0.3 is 5.24 Å². The number of imide groups is 1. The van der Waals surface area contributed by atoms with E-state index in [2.05, 4.69) is 5.43 Å². The van der Waals surface area contributed by atoms with Crippen molar-refractivity contribution in [3.05, 3.63) is 35.6 Å². The van der Waals surface area contributed by atoms with Crippen molar-refractivity contribution in [1.82, 2.24) is 10.4 Å². The van der Waals surface area contributed by atoms with E-state index in [9.17, 15) is 18.8 Å². The van der Waals surface area contributed by atoms with E-state index in [1.807, 2.05) is 0 Å². The Hall–Kier alpha value is -1.89. The molecule has 1 aliphatic heterocycles. The molecule has 1 saturated heterocycles. The van der Waals surface area contributed by atoms with Crippen LogP contribution in [0.2, 0.25) is 0 Å². The lowest BCUT2D eigenvalue weighted by molar-refractivity contribution is -0.126. The average Bonchev–Trinajstić information content (AvgIpc) is 2.61. The molecule has 0 saturated carbocycles. The normalized spacial score (nSPS) is 15.2. The molecular weight excluding hydrogens is 247 g/mol. The summed E-state index contributed by atoms with van der Waals surface area (Å²) in [6, 6.07) is 4.78. The van der Waals surface area contributed by atoms with Gasteiger partial charge in [0.1, 0.15) is 5.82 Å². The lowest BCUT2D eigenvalue weighted by Crippen LogP contribution is -2.45. The van der Waals surface area contributed by atoms with Crippen LogP contribution in [0.1, 0.15) is 10.4 Å². The molecule has 0 spiro atoms. The van der Waals surface area contributed by atoms with Crippen molar-refractivity contribution < 1.29 is 18.8 Å². The smallest absolute Gasteiger partial charge is 0.272 e. The summed E-state index contributed by atoms with van der Waals surface area (Å²) in [5, 5.41) is 0.140. The molecule has 0 radical (unpaired) electrons. The second-order valence-electron chi connectivity index (χ2n) is 3.23. The standard InChI is InChI=1S/C10H7FN2O3S/c11-7-3-1-6(2-4-7)9(15)12-13-8(14)5-17-10(13)16/h1-4H,5H2,(H,12,15). The molecule has 0 unspecified atom stereocenters. The van der Waals surface area contributed by atoms with Crippen LogP contribution in [0.25, 0.3) is 0 Å². The minimum absolute atomic E-state index is 0.0164. The molecule has 0 atom stereocenters. The highest BCUT2D eigenvalue weighted by molar-refractivity contribution is 8.14. The number of thioether (sulfide) groups is 1. The SMILES string of the molecule is O=C(NN1C(=O)CSC1=O)c1ccc(F)cc1. The van der Waals surface area contributed by atoms with Crippen molar-refractivity contribution in [3.63, 3.8) is 0 Å². The molecule has 1 aromatic rings. The molecule has 1 heterocycles. The molecule has 0 aromatic heterocycles. The molecule has 0 bridgehead atoms. The molecule has 17 heavy (non-hydrogen) atoms. The molecule has 1 N–H and O–H groups in total. The van der Waals surface area contributed by atoms with Crippen LogP contribution in [0.5, 0.6) is 0 Å². The summed E-state index contributed by atoms with van der Waals surface area (Å²) < 4.78 is 12.6. The van der Waals surface area contributed by atoms with Crippen molar-refractivity contribution in [2.24, 2.45) is 0 Å². The van der Waals surface area contributed by atoms with Gasteiger partial charge in [-0.05, 0) is 24.3 Å². The van der Waals surface area contributed by atoms with Crippen molar-refractivity contribution >= 4 is 28.8 Å². The van der Waals surface area contributed by atoms with Crippen LogP contribution in [-0.2, 0) is 4.79 Å². The lowest BCUT2D eigenvalue weighted by atomic mass is 10.2. The first-order valence-electron chi connectivity index (χ1n) is 4.64. The van der Waals surface area contributed by atoms with E-state index in [1.54, 1.807) is 0 Å². The Morgan fingerprint density at radius 3 is 2.47 bits per heavy atom. The summed E-state index contributed by atoms with van der Waals surface area (Å²) in [4.78, 5) is 34.0. The number of hydrogen-bond acceptors (Lipinski definition) is 4. The maximum absolute atomic E-state index is 12.6. The van der Waals surface area contributed by atoms with Gasteiger partial charge in [0.25, 0.3) is 11.8 Å². The first-order valence-corrected chi connectivity index (χ1v) is 5.63. The number of carbonyl (C=O) groups is 3. The summed E-state index contributed by atoms with van der Waals surface area (Å²) in [5.74, 6) is -1.56. The van der Waals surface area contributed by atoms with Crippen molar-refractivity contribution in [2.45, 2.75) is 0 Å². The van der Waals surface area contributed by atoms with E-state index < -0.39 is 22.9 Å². The minimum atomic E-state index is -0.630. The Balaban J connectivity index is 2.09. The fourth-order valence-electron chi connectivity index (χ4n) is 1.23. The van der Waals surface area contributed by atoms with Gasteiger partial charge < -0.3 is 0 Å². The number of benzene rings is 1. The number of halogens is 1. The van der Waals surface area contributed by atoms with Crippen LogP contribution in [-0.4, -0.2) is 27.8 Å². The topological polar surface area (TPSA) is 66.5 Å². The first-order chi connectivity index (χ1) is 8.08. The van der Waals surface area contributed by atoms with E-state index in [4.69, 9.17) is 0 Å². The molecule has 1 aliphatic rings. The van der Waals surface area contributed by atoms with Crippen LogP contribution >= 0.6 is 11.8 Å². The zero-order valence-corrected chi connectivity index (χ0v) is 9.29. The minimum Gasteiger partial charge on any atom is -0.272 e. The maximum Gasteiger partial charge on any atom is 0.307 e. The maximum atomic E-state index is 12.6. The van der Waals surface area contributed by atoms with Crippen molar-refractivity contribution in [2.75, 3.05) is 5.75 Å². The Kier molecular flexibility index (Phi) is 3.10. The summed E-state index contributed by atoms with van der Waals surface area (Å²) >= 11 is 0.816. The monoisotopic (exact) mass is 254 g/mol. The zero-order valence-electron chi connectivity index (χ0n) is 8.47. The molecule has 7 heteroatoms. The van der Waals surface area contributed by atoms with Gasteiger partial charge in [-0.3, -0.25) is 19.8 Å². The van der Waals surface area contributed by atoms with Gasteiger partial charge in [0.15, 0.2) is 0 Å². The third kappa shape index (κ3) is 2.44. The largest absolute Gasteiger partial charge is 0.307 e. The van der Waals surface area contributed by atoms with Gasteiger partial charge in [0.2, 0.25) is 0 Å².